The Morgan fingerprint density at radius 2 is 2.18 bits per heavy atom. The van der Waals surface area contributed by atoms with Crippen LogP contribution in [0.25, 0.3) is 0 Å². The Morgan fingerprint density at radius 1 is 1.47 bits per heavy atom. The maximum atomic E-state index is 11.6. The predicted octanol–water partition coefficient (Wildman–Crippen LogP) is -0.334. The lowest BCUT2D eigenvalue weighted by molar-refractivity contribution is -0.139. The summed E-state index contributed by atoms with van der Waals surface area (Å²) < 4.78 is 4.39. The molecule has 1 rings (SSSR count). The number of esters is 1. The fourth-order valence-corrected chi connectivity index (χ4v) is 1.76. The number of hydrogen-bond donors (Lipinski definition) is 2. The van der Waals surface area contributed by atoms with Gasteiger partial charge in [0.05, 0.1) is 7.11 Å². The van der Waals surface area contributed by atoms with Crippen molar-refractivity contribution in [2.75, 3.05) is 26.7 Å². The second-order valence-electron chi connectivity index (χ2n) is 3.93. The van der Waals surface area contributed by atoms with Gasteiger partial charge < -0.3 is 20.1 Å². The van der Waals surface area contributed by atoms with Gasteiger partial charge in [-0.2, -0.15) is 0 Å². The van der Waals surface area contributed by atoms with Gasteiger partial charge >= 0.3 is 18.0 Å². The third-order valence-corrected chi connectivity index (χ3v) is 2.65. The molecule has 1 fully saturated rings. The minimum Gasteiger partial charge on any atom is -0.481 e. The number of carbonyl (C=O) groups is 3. The SMILES string of the molecule is COC(=O)CNC(=O)N1CCC(CC(=O)O)C1. The molecule has 7 heteroatoms. The monoisotopic (exact) mass is 244 g/mol. The number of aliphatic carboxylic acids is 1. The Hall–Kier alpha value is -1.79. The molecular formula is C10H16N2O5. The van der Waals surface area contributed by atoms with Gasteiger partial charge in [0.25, 0.3) is 0 Å². The molecule has 1 aliphatic rings. The summed E-state index contributed by atoms with van der Waals surface area (Å²) >= 11 is 0. The van der Waals surface area contributed by atoms with E-state index in [1.807, 2.05) is 0 Å². The summed E-state index contributed by atoms with van der Waals surface area (Å²) in [7, 11) is 1.24. The second kappa shape index (κ2) is 6.07. The Bertz CT molecular complexity index is 318. The van der Waals surface area contributed by atoms with Gasteiger partial charge in [0, 0.05) is 19.5 Å². The highest BCUT2D eigenvalue weighted by molar-refractivity contribution is 5.81. The number of amides is 2. The van der Waals surface area contributed by atoms with Crippen molar-refractivity contribution in [3.05, 3.63) is 0 Å². The van der Waals surface area contributed by atoms with Crippen LogP contribution in [0.5, 0.6) is 0 Å². The lowest BCUT2D eigenvalue weighted by atomic mass is 10.1. The van der Waals surface area contributed by atoms with Gasteiger partial charge in [-0.3, -0.25) is 9.59 Å². The quantitative estimate of drug-likeness (QED) is 0.660. The maximum absolute atomic E-state index is 11.6. The van der Waals surface area contributed by atoms with Gasteiger partial charge in [-0.25, -0.2) is 4.79 Å². The van der Waals surface area contributed by atoms with Crippen LogP contribution in [0.3, 0.4) is 0 Å². The lowest BCUT2D eigenvalue weighted by Crippen LogP contribution is -2.41. The fraction of sp³-hybridized carbons (Fsp3) is 0.700. The van der Waals surface area contributed by atoms with Crippen LogP contribution in [0, 0.1) is 5.92 Å². The first-order valence-corrected chi connectivity index (χ1v) is 5.34. The predicted molar refractivity (Wildman–Crippen MR) is 57.3 cm³/mol. The van der Waals surface area contributed by atoms with Crippen LogP contribution in [0.15, 0.2) is 0 Å². The van der Waals surface area contributed by atoms with E-state index in [-0.39, 0.29) is 24.9 Å². The molecule has 96 valence electrons. The van der Waals surface area contributed by atoms with Crippen LogP contribution in [0.4, 0.5) is 4.79 Å². The second-order valence-corrected chi connectivity index (χ2v) is 3.93. The average molecular weight is 244 g/mol. The fourth-order valence-electron chi connectivity index (χ4n) is 1.76. The van der Waals surface area contributed by atoms with E-state index in [2.05, 4.69) is 10.1 Å². The number of methoxy groups -OCH3 is 1. The van der Waals surface area contributed by atoms with Crippen LogP contribution in [0.2, 0.25) is 0 Å². The molecule has 0 bridgehead atoms. The van der Waals surface area contributed by atoms with Gasteiger partial charge in [0.1, 0.15) is 6.54 Å². The summed E-state index contributed by atoms with van der Waals surface area (Å²) in [5.74, 6) is -1.37. The Morgan fingerprint density at radius 3 is 2.76 bits per heavy atom. The summed E-state index contributed by atoms with van der Waals surface area (Å²) in [6.45, 7) is 0.764. The minimum absolute atomic E-state index is 0.00335. The molecular weight excluding hydrogens is 228 g/mol. The highest BCUT2D eigenvalue weighted by Gasteiger charge is 2.27. The van der Waals surface area contributed by atoms with E-state index in [0.29, 0.717) is 19.5 Å². The molecule has 2 N–H and O–H groups in total. The largest absolute Gasteiger partial charge is 0.481 e. The van der Waals surface area contributed by atoms with Crippen molar-refractivity contribution in [1.29, 1.82) is 0 Å². The normalized spacial score (nSPS) is 18.9. The van der Waals surface area contributed by atoms with Crippen molar-refractivity contribution >= 4 is 18.0 Å². The lowest BCUT2D eigenvalue weighted by Gasteiger charge is -2.16. The molecule has 0 aromatic heterocycles. The third-order valence-electron chi connectivity index (χ3n) is 2.65. The van der Waals surface area contributed by atoms with Gasteiger partial charge in [0.2, 0.25) is 0 Å². The first-order valence-electron chi connectivity index (χ1n) is 5.34. The van der Waals surface area contributed by atoms with Crippen LogP contribution in [-0.2, 0) is 14.3 Å². The summed E-state index contributed by atoms with van der Waals surface area (Å²) in [6, 6.07) is -0.358. The van der Waals surface area contributed by atoms with E-state index in [1.54, 1.807) is 0 Å². The van der Waals surface area contributed by atoms with Crippen LogP contribution in [-0.4, -0.2) is 54.7 Å². The first kappa shape index (κ1) is 13.3. The van der Waals surface area contributed by atoms with E-state index in [1.165, 1.54) is 12.0 Å². The number of urea groups is 1. The van der Waals surface area contributed by atoms with Gasteiger partial charge in [-0.15, -0.1) is 0 Å². The zero-order chi connectivity index (χ0) is 12.8. The number of likely N-dealkylation sites (tertiary alicyclic amines) is 1. The number of carboxylic acid groups (broad SMARTS) is 1. The molecule has 0 aromatic carbocycles. The van der Waals surface area contributed by atoms with Gasteiger partial charge in [0.15, 0.2) is 0 Å². The Kier molecular flexibility index (Phi) is 4.74. The molecule has 1 unspecified atom stereocenters. The highest BCUT2D eigenvalue weighted by Crippen LogP contribution is 2.19. The number of nitrogens with one attached hydrogen (secondary N) is 1. The molecule has 0 aliphatic carbocycles. The van der Waals surface area contributed by atoms with Crippen molar-refractivity contribution in [2.45, 2.75) is 12.8 Å². The third kappa shape index (κ3) is 4.29. The van der Waals surface area contributed by atoms with Crippen LogP contribution >= 0.6 is 0 Å². The van der Waals surface area contributed by atoms with Crippen molar-refractivity contribution in [3.8, 4) is 0 Å². The molecule has 0 spiro atoms. The number of nitrogens with zero attached hydrogens (tertiary/aromatic N) is 1. The van der Waals surface area contributed by atoms with Crippen LogP contribution < -0.4 is 5.32 Å². The number of hydrogen-bond acceptors (Lipinski definition) is 4. The smallest absolute Gasteiger partial charge is 0.325 e. The molecule has 0 aromatic rings. The Balaban J connectivity index is 2.30. The number of rotatable bonds is 4. The van der Waals surface area contributed by atoms with E-state index in [0.717, 1.165) is 0 Å². The van der Waals surface area contributed by atoms with E-state index in [9.17, 15) is 14.4 Å². The van der Waals surface area contributed by atoms with Gasteiger partial charge in [-0.05, 0) is 12.3 Å². The summed E-state index contributed by atoms with van der Waals surface area (Å²) in [4.78, 5) is 34.4. The minimum atomic E-state index is -0.855. The first-order chi connectivity index (χ1) is 8.02. The molecule has 0 saturated carbocycles. The maximum Gasteiger partial charge on any atom is 0.325 e. The number of carboxylic acids is 1. The van der Waals surface area contributed by atoms with Crippen molar-refractivity contribution in [3.63, 3.8) is 0 Å². The van der Waals surface area contributed by atoms with E-state index >= 15 is 0 Å². The Labute approximate surface area is 98.7 Å². The molecule has 7 nitrogen and oxygen atoms in total. The summed E-state index contributed by atoms with van der Waals surface area (Å²) in [5.41, 5.74) is 0. The standard InChI is InChI=1S/C10H16N2O5/c1-17-9(15)5-11-10(16)12-3-2-7(6-12)4-8(13)14/h7H,2-6H2,1H3,(H,11,16)(H,13,14). The molecule has 2 amide bonds. The number of carbonyl (C=O) groups excluding carboxylic acids is 2. The van der Waals surface area contributed by atoms with Crippen molar-refractivity contribution < 1.29 is 24.2 Å². The van der Waals surface area contributed by atoms with Gasteiger partial charge in [-0.1, -0.05) is 0 Å². The summed E-state index contributed by atoms with van der Waals surface area (Å²) in [5, 5.41) is 11.0. The summed E-state index contributed by atoms with van der Waals surface area (Å²) in [6.07, 6.45) is 0.749. The molecule has 1 heterocycles. The van der Waals surface area contributed by atoms with E-state index in [4.69, 9.17) is 5.11 Å². The highest BCUT2D eigenvalue weighted by atomic mass is 16.5. The molecule has 1 aliphatic heterocycles. The van der Waals surface area contributed by atoms with Crippen LogP contribution in [0.1, 0.15) is 12.8 Å². The zero-order valence-electron chi connectivity index (χ0n) is 9.64. The molecule has 0 radical (unpaired) electrons. The molecule has 1 saturated heterocycles. The zero-order valence-corrected chi connectivity index (χ0v) is 9.64. The van der Waals surface area contributed by atoms with Crippen molar-refractivity contribution in [2.24, 2.45) is 5.92 Å². The van der Waals surface area contributed by atoms with Crippen molar-refractivity contribution in [1.82, 2.24) is 10.2 Å². The topological polar surface area (TPSA) is 95.9 Å². The van der Waals surface area contributed by atoms with E-state index < -0.39 is 11.9 Å². The average Bonchev–Trinajstić information content (AvgIpc) is 2.72. The number of ether oxygens (including phenoxy) is 1. The molecule has 1 atom stereocenters. The molecule has 17 heavy (non-hydrogen) atoms.